The van der Waals surface area contributed by atoms with E-state index in [2.05, 4.69) is 14.7 Å². The number of rotatable bonds is 5. The Morgan fingerprint density at radius 2 is 2.38 bits per heavy atom. The standard InChI is InChI=1S/C10H15N3O2S/c1-3-10(2,8(14)15)12-9-11-7(13-16-9)6-4-5-6/h6H,3-5H2,1-2H3,(H,14,15)(H,11,12,13). The zero-order valence-electron chi connectivity index (χ0n) is 9.36. The van der Waals surface area contributed by atoms with Gasteiger partial charge in [-0.25, -0.2) is 9.78 Å². The molecule has 1 fully saturated rings. The summed E-state index contributed by atoms with van der Waals surface area (Å²) in [5.41, 5.74) is -0.958. The highest BCUT2D eigenvalue weighted by Gasteiger charge is 2.33. The number of aliphatic carboxylic acids is 1. The number of hydrogen-bond donors (Lipinski definition) is 2. The van der Waals surface area contributed by atoms with E-state index in [-0.39, 0.29) is 0 Å². The lowest BCUT2D eigenvalue weighted by molar-refractivity contribution is -0.141. The van der Waals surface area contributed by atoms with E-state index < -0.39 is 11.5 Å². The van der Waals surface area contributed by atoms with Crippen molar-refractivity contribution in [2.45, 2.75) is 44.6 Å². The Kier molecular flexibility index (Phi) is 2.84. The summed E-state index contributed by atoms with van der Waals surface area (Å²) < 4.78 is 4.23. The molecule has 0 spiro atoms. The van der Waals surface area contributed by atoms with Crippen LogP contribution in [-0.4, -0.2) is 26.0 Å². The lowest BCUT2D eigenvalue weighted by atomic mass is 10.00. The van der Waals surface area contributed by atoms with E-state index in [0.29, 0.717) is 17.5 Å². The fourth-order valence-corrected chi connectivity index (χ4v) is 2.10. The van der Waals surface area contributed by atoms with Crippen LogP contribution in [0.15, 0.2) is 0 Å². The Labute approximate surface area is 98.1 Å². The maximum absolute atomic E-state index is 11.1. The summed E-state index contributed by atoms with van der Waals surface area (Å²) in [7, 11) is 0. The van der Waals surface area contributed by atoms with Crippen LogP contribution in [-0.2, 0) is 4.79 Å². The minimum atomic E-state index is -0.958. The Morgan fingerprint density at radius 3 is 2.88 bits per heavy atom. The number of hydrogen-bond acceptors (Lipinski definition) is 5. The third kappa shape index (κ3) is 2.16. The molecule has 0 aliphatic heterocycles. The molecule has 1 aromatic heterocycles. The van der Waals surface area contributed by atoms with E-state index >= 15 is 0 Å². The van der Waals surface area contributed by atoms with Gasteiger partial charge in [0.15, 0.2) is 0 Å². The summed E-state index contributed by atoms with van der Waals surface area (Å²) in [6, 6.07) is 0. The third-order valence-electron chi connectivity index (χ3n) is 2.95. The van der Waals surface area contributed by atoms with Gasteiger partial charge in [0.1, 0.15) is 11.4 Å². The maximum atomic E-state index is 11.1. The van der Waals surface area contributed by atoms with Gasteiger partial charge in [-0.3, -0.25) is 0 Å². The predicted molar refractivity (Wildman–Crippen MR) is 61.8 cm³/mol. The van der Waals surface area contributed by atoms with Gasteiger partial charge in [0, 0.05) is 17.5 Å². The molecule has 16 heavy (non-hydrogen) atoms. The van der Waals surface area contributed by atoms with Gasteiger partial charge in [0.25, 0.3) is 0 Å². The highest BCUT2D eigenvalue weighted by molar-refractivity contribution is 7.09. The van der Waals surface area contributed by atoms with E-state index in [1.165, 1.54) is 11.5 Å². The molecule has 2 N–H and O–H groups in total. The van der Waals surface area contributed by atoms with Gasteiger partial charge in [-0.1, -0.05) is 6.92 Å². The average Bonchev–Trinajstić information content (AvgIpc) is 3.00. The van der Waals surface area contributed by atoms with Crippen molar-refractivity contribution in [3.05, 3.63) is 5.82 Å². The van der Waals surface area contributed by atoms with Crippen molar-refractivity contribution in [1.82, 2.24) is 9.36 Å². The quantitative estimate of drug-likeness (QED) is 0.825. The molecule has 1 atom stereocenters. The number of nitrogens with one attached hydrogen (secondary N) is 1. The molecule has 5 nitrogen and oxygen atoms in total. The second-order valence-corrected chi connectivity index (χ2v) is 5.10. The number of carbonyl (C=O) groups is 1. The van der Waals surface area contributed by atoms with Crippen molar-refractivity contribution >= 4 is 22.6 Å². The van der Waals surface area contributed by atoms with Crippen LogP contribution < -0.4 is 5.32 Å². The molecule has 2 rings (SSSR count). The molecule has 1 aliphatic rings. The molecular formula is C10H15N3O2S. The van der Waals surface area contributed by atoms with Crippen molar-refractivity contribution in [3.8, 4) is 0 Å². The highest BCUT2D eigenvalue weighted by atomic mass is 32.1. The first-order valence-corrected chi connectivity index (χ1v) is 6.17. The van der Waals surface area contributed by atoms with Crippen molar-refractivity contribution in [2.75, 3.05) is 5.32 Å². The number of aromatic nitrogens is 2. The van der Waals surface area contributed by atoms with E-state index in [9.17, 15) is 4.79 Å². The minimum Gasteiger partial charge on any atom is -0.480 e. The lowest BCUT2D eigenvalue weighted by Crippen LogP contribution is -2.42. The second kappa shape index (κ2) is 4.01. The Morgan fingerprint density at radius 1 is 1.69 bits per heavy atom. The van der Waals surface area contributed by atoms with Gasteiger partial charge in [-0.05, 0) is 26.2 Å². The lowest BCUT2D eigenvalue weighted by Gasteiger charge is -2.23. The summed E-state index contributed by atoms with van der Waals surface area (Å²) in [4.78, 5) is 15.4. The van der Waals surface area contributed by atoms with E-state index in [1.807, 2.05) is 6.92 Å². The van der Waals surface area contributed by atoms with Crippen molar-refractivity contribution in [3.63, 3.8) is 0 Å². The SMILES string of the molecule is CCC(C)(Nc1nc(C2CC2)ns1)C(=O)O. The third-order valence-corrected chi connectivity index (χ3v) is 3.59. The van der Waals surface area contributed by atoms with Gasteiger partial charge in [-0.2, -0.15) is 4.37 Å². The van der Waals surface area contributed by atoms with E-state index in [1.54, 1.807) is 6.92 Å². The second-order valence-electron chi connectivity index (χ2n) is 4.35. The molecule has 1 aliphatic carbocycles. The number of carboxylic acid groups (broad SMARTS) is 1. The molecule has 0 amide bonds. The predicted octanol–water partition coefficient (Wildman–Crippen LogP) is 2.08. The first kappa shape index (κ1) is 11.3. The number of carboxylic acids is 1. The summed E-state index contributed by atoms with van der Waals surface area (Å²) >= 11 is 1.24. The molecule has 1 aromatic rings. The topological polar surface area (TPSA) is 75.1 Å². The van der Waals surface area contributed by atoms with E-state index in [0.717, 1.165) is 18.7 Å². The molecule has 1 heterocycles. The van der Waals surface area contributed by atoms with E-state index in [4.69, 9.17) is 5.11 Å². The number of nitrogens with zero attached hydrogens (tertiary/aromatic N) is 2. The fraction of sp³-hybridized carbons (Fsp3) is 0.700. The molecule has 0 saturated heterocycles. The van der Waals surface area contributed by atoms with Crippen LogP contribution >= 0.6 is 11.5 Å². The van der Waals surface area contributed by atoms with Gasteiger partial charge >= 0.3 is 5.97 Å². The molecule has 0 radical (unpaired) electrons. The summed E-state index contributed by atoms with van der Waals surface area (Å²) in [5.74, 6) is 0.499. The number of anilines is 1. The molecular weight excluding hydrogens is 226 g/mol. The largest absolute Gasteiger partial charge is 0.480 e. The molecule has 88 valence electrons. The van der Waals surface area contributed by atoms with Crippen LogP contribution in [0.3, 0.4) is 0 Å². The first-order valence-electron chi connectivity index (χ1n) is 5.40. The van der Waals surface area contributed by atoms with Gasteiger partial charge < -0.3 is 10.4 Å². The van der Waals surface area contributed by atoms with Crippen LogP contribution in [0.25, 0.3) is 0 Å². The molecule has 0 aromatic carbocycles. The minimum absolute atomic E-state index is 0.501. The Hall–Kier alpha value is -1.17. The highest BCUT2D eigenvalue weighted by Crippen LogP contribution is 2.39. The van der Waals surface area contributed by atoms with Crippen LogP contribution in [0.5, 0.6) is 0 Å². The van der Waals surface area contributed by atoms with Crippen LogP contribution in [0.4, 0.5) is 5.13 Å². The summed E-state index contributed by atoms with van der Waals surface area (Å²) in [6.07, 6.45) is 2.81. The molecule has 0 bridgehead atoms. The Balaban J connectivity index is 2.09. The maximum Gasteiger partial charge on any atom is 0.329 e. The Bertz CT molecular complexity index is 403. The van der Waals surface area contributed by atoms with Gasteiger partial charge in [-0.15, -0.1) is 0 Å². The van der Waals surface area contributed by atoms with Crippen LogP contribution in [0, 0.1) is 0 Å². The van der Waals surface area contributed by atoms with Crippen LogP contribution in [0.2, 0.25) is 0 Å². The molecule has 1 unspecified atom stereocenters. The zero-order valence-corrected chi connectivity index (χ0v) is 10.2. The fourth-order valence-electron chi connectivity index (χ4n) is 1.32. The van der Waals surface area contributed by atoms with Gasteiger partial charge in [0.2, 0.25) is 5.13 Å². The van der Waals surface area contributed by atoms with Crippen molar-refractivity contribution in [2.24, 2.45) is 0 Å². The molecule has 1 saturated carbocycles. The van der Waals surface area contributed by atoms with Crippen molar-refractivity contribution < 1.29 is 9.90 Å². The summed E-state index contributed by atoms with van der Waals surface area (Å²) in [5, 5.41) is 12.7. The first-order chi connectivity index (χ1) is 7.55. The smallest absolute Gasteiger partial charge is 0.329 e. The van der Waals surface area contributed by atoms with Crippen molar-refractivity contribution in [1.29, 1.82) is 0 Å². The zero-order chi connectivity index (χ0) is 11.8. The molecule has 6 heteroatoms. The van der Waals surface area contributed by atoms with Gasteiger partial charge in [0.05, 0.1) is 0 Å². The average molecular weight is 241 g/mol. The monoisotopic (exact) mass is 241 g/mol. The van der Waals surface area contributed by atoms with Crippen LogP contribution in [0.1, 0.15) is 44.9 Å². The summed E-state index contributed by atoms with van der Waals surface area (Å²) in [6.45, 7) is 3.50. The normalized spacial score (nSPS) is 19.1.